The van der Waals surface area contributed by atoms with Gasteiger partial charge in [-0.2, -0.15) is 9.38 Å². The van der Waals surface area contributed by atoms with Crippen LogP contribution in [0.1, 0.15) is 6.42 Å². The van der Waals surface area contributed by atoms with E-state index in [-0.39, 0.29) is 24.7 Å². The van der Waals surface area contributed by atoms with Crippen molar-refractivity contribution in [3.63, 3.8) is 0 Å². The van der Waals surface area contributed by atoms with Crippen molar-refractivity contribution >= 4 is 33.9 Å². The van der Waals surface area contributed by atoms with Crippen LogP contribution in [0.15, 0.2) is 11.6 Å². The summed E-state index contributed by atoms with van der Waals surface area (Å²) in [6, 6.07) is -0.459. The molecule has 0 bridgehead atoms. The molecule has 2 aromatic rings. The first-order valence-electron chi connectivity index (χ1n) is 6.24. The van der Waals surface area contributed by atoms with Gasteiger partial charge in [-0.15, -0.1) is 0 Å². The quantitative estimate of drug-likeness (QED) is 0.662. The molecule has 0 aliphatic carbocycles. The van der Waals surface area contributed by atoms with Crippen LogP contribution in [0.5, 0.6) is 0 Å². The molecule has 1 atom stereocenters. The van der Waals surface area contributed by atoms with E-state index in [9.17, 15) is 14.9 Å². The number of thiazole rings is 1. The van der Waals surface area contributed by atoms with Gasteiger partial charge in [0.1, 0.15) is 6.20 Å². The van der Waals surface area contributed by atoms with Gasteiger partial charge in [-0.25, -0.2) is 0 Å². The van der Waals surface area contributed by atoms with Crippen LogP contribution in [0.2, 0.25) is 0 Å². The average molecular weight is 312 g/mol. The van der Waals surface area contributed by atoms with E-state index in [1.54, 1.807) is 16.5 Å². The van der Waals surface area contributed by atoms with Crippen LogP contribution in [-0.2, 0) is 9.53 Å². The van der Waals surface area contributed by atoms with Crippen LogP contribution < -0.4 is 4.90 Å². The molecule has 1 aliphatic heterocycles. The summed E-state index contributed by atoms with van der Waals surface area (Å²) in [5.74, 6) is -0.899. The second-order valence-electron chi connectivity index (χ2n) is 4.59. The summed E-state index contributed by atoms with van der Waals surface area (Å²) in [5.41, 5.74) is 0. The van der Waals surface area contributed by atoms with Gasteiger partial charge in [0.05, 0.1) is 25.7 Å². The molecule has 1 unspecified atom stereocenters. The molecule has 2 aromatic heterocycles. The summed E-state index contributed by atoms with van der Waals surface area (Å²) in [4.78, 5) is 28.3. The van der Waals surface area contributed by atoms with Gasteiger partial charge in [0.2, 0.25) is 5.82 Å². The molecule has 112 valence electrons. The van der Waals surface area contributed by atoms with Crippen LogP contribution >= 0.6 is 11.3 Å². The zero-order valence-corrected chi connectivity index (χ0v) is 11.7. The van der Waals surface area contributed by atoms with Gasteiger partial charge >= 0.3 is 11.8 Å². The number of hydrogen-bond acceptors (Lipinski definition) is 7. The Labute approximate surface area is 122 Å². The highest BCUT2D eigenvalue weighted by atomic mass is 32.1. The van der Waals surface area contributed by atoms with Crippen molar-refractivity contribution in [2.75, 3.05) is 24.7 Å². The summed E-state index contributed by atoms with van der Waals surface area (Å²) in [7, 11) is 0. The number of carbonyl (C=O) groups is 1. The van der Waals surface area contributed by atoms with Gasteiger partial charge in [-0.05, 0) is 4.92 Å². The van der Waals surface area contributed by atoms with Crippen LogP contribution in [0.4, 0.5) is 11.6 Å². The van der Waals surface area contributed by atoms with Crippen LogP contribution in [0.3, 0.4) is 0 Å². The topological polar surface area (TPSA) is 110 Å². The predicted octanol–water partition coefficient (Wildman–Crippen LogP) is 0.984. The fourth-order valence-corrected chi connectivity index (χ4v) is 3.13. The minimum absolute atomic E-state index is 0.136. The minimum Gasteiger partial charge on any atom is -0.481 e. The highest BCUT2D eigenvalue weighted by Crippen LogP contribution is 2.33. The molecule has 0 amide bonds. The molecule has 1 N–H and O–H groups in total. The normalized spacial score (nSPS) is 19.0. The number of rotatable bonds is 4. The third-order valence-electron chi connectivity index (χ3n) is 3.30. The van der Waals surface area contributed by atoms with Crippen LogP contribution in [0.25, 0.3) is 4.96 Å². The fraction of sp³-hybridized carbons (Fsp3) is 0.455. The molecule has 21 heavy (non-hydrogen) atoms. The van der Waals surface area contributed by atoms with Crippen molar-refractivity contribution in [2.24, 2.45) is 0 Å². The zero-order chi connectivity index (χ0) is 15.0. The number of aromatic nitrogens is 2. The monoisotopic (exact) mass is 312 g/mol. The summed E-state index contributed by atoms with van der Waals surface area (Å²) < 4.78 is 6.69. The Balaban J connectivity index is 2.04. The van der Waals surface area contributed by atoms with Crippen molar-refractivity contribution in [2.45, 2.75) is 12.5 Å². The van der Waals surface area contributed by atoms with Crippen molar-refractivity contribution in [1.82, 2.24) is 9.38 Å². The summed E-state index contributed by atoms with van der Waals surface area (Å²) in [6.45, 7) is 0.983. The Morgan fingerprint density at radius 2 is 2.48 bits per heavy atom. The first kappa shape index (κ1) is 13.8. The molecular formula is C11H12N4O5S. The van der Waals surface area contributed by atoms with E-state index in [1.165, 1.54) is 15.7 Å². The molecule has 0 spiro atoms. The first-order chi connectivity index (χ1) is 10.1. The van der Waals surface area contributed by atoms with Gasteiger partial charge in [-0.3, -0.25) is 4.79 Å². The maximum Gasteiger partial charge on any atom is 0.373 e. The Morgan fingerprint density at radius 3 is 3.19 bits per heavy atom. The van der Waals surface area contributed by atoms with E-state index in [2.05, 4.69) is 4.98 Å². The molecule has 3 rings (SSSR count). The van der Waals surface area contributed by atoms with E-state index in [0.717, 1.165) is 0 Å². The number of fused-ring (bicyclic) bond motifs is 1. The van der Waals surface area contributed by atoms with Crippen molar-refractivity contribution < 1.29 is 19.6 Å². The second kappa shape index (κ2) is 5.30. The lowest BCUT2D eigenvalue weighted by molar-refractivity contribution is -0.389. The third-order valence-corrected chi connectivity index (χ3v) is 4.06. The summed E-state index contributed by atoms with van der Waals surface area (Å²) in [5, 5.41) is 22.0. The molecule has 1 fully saturated rings. The van der Waals surface area contributed by atoms with E-state index in [0.29, 0.717) is 18.1 Å². The lowest BCUT2D eigenvalue weighted by Gasteiger charge is -2.34. The van der Waals surface area contributed by atoms with Gasteiger partial charge in [0.15, 0.2) is 0 Å². The highest BCUT2D eigenvalue weighted by Gasteiger charge is 2.34. The number of carboxylic acids is 1. The number of nitro groups is 1. The maximum absolute atomic E-state index is 11.3. The molecular weight excluding hydrogens is 300 g/mol. The smallest absolute Gasteiger partial charge is 0.373 e. The number of anilines is 1. The largest absolute Gasteiger partial charge is 0.481 e. The van der Waals surface area contributed by atoms with E-state index < -0.39 is 16.9 Å². The number of nitrogens with zero attached hydrogens (tertiary/aromatic N) is 4. The highest BCUT2D eigenvalue weighted by molar-refractivity contribution is 7.15. The Bertz CT molecular complexity index is 696. The lowest BCUT2D eigenvalue weighted by atomic mass is 10.1. The van der Waals surface area contributed by atoms with Gasteiger partial charge < -0.3 is 24.9 Å². The molecule has 0 radical (unpaired) electrons. The molecule has 0 saturated carbocycles. The fourth-order valence-electron chi connectivity index (χ4n) is 2.43. The summed E-state index contributed by atoms with van der Waals surface area (Å²) >= 11 is 1.29. The maximum atomic E-state index is 11.3. The molecule has 0 aromatic carbocycles. The van der Waals surface area contributed by atoms with E-state index in [1.807, 2.05) is 0 Å². The number of imidazole rings is 1. The van der Waals surface area contributed by atoms with Gasteiger partial charge in [0.25, 0.3) is 4.96 Å². The second-order valence-corrected chi connectivity index (χ2v) is 5.46. The van der Waals surface area contributed by atoms with E-state index in [4.69, 9.17) is 9.84 Å². The number of hydrogen-bond donors (Lipinski definition) is 1. The predicted molar refractivity (Wildman–Crippen MR) is 73.9 cm³/mol. The SMILES string of the molecule is O=C(O)CC1COCCN1c1nc2sccn2c1[N+](=O)[O-]. The van der Waals surface area contributed by atoms with Crippen molar-refractivity contribution in [3.8, 4) is 0 Å². The average Bonchev–Trinajstić information content (AvgIpc) is 2.97. The number of ether oxygens (including phenoxy) is 1. The number of aliphatic carboxylic acids is 1. The number of morpholine rings is 1. The minimum atomic E-state index is -0.973. The van der Waals surface area contributed by atoms with Crippen LogP contribution in [0, 0.1) is 10.1 Å². The Kier molecular flexibility index (Phi) is 3.47. The molecule has 1 aliphatic rings. The molecule has 3 heterocycles. The summed E-state index contributed by atoms with van der Waals surface area (Å²) in [6.07, 6.45) is 1.43. The zero-order valence-electron chi connectivity index (χ0n) is 10.8. The van der Waals surface area contributed by atoms with Crippen molar-refractivity contribution in [1.29, 1.82) is 0 Å². The van der Waals surface area contributed by atoms with Gasteiger partial charge in [0, 0.05) is 11.9 Å². The van der Waals surface area contributed by atoms with Crippen molar-refractivity contribution in [3.05, 3.63) is 21.7 Å². The lowest BCUT2D eigenvalue weighted by Crippen LogP contribution is -2.47. The Morgan fingerprint density at radius 1 is 1.67 bits per heavy atom. The molecule has 9 nitrogen and oxygen atoms in total. The van der Waals surface area contributed by atoms with E-state index >= 15 is 0 Å². The van der Waals surface area contributed by atoms with Crippen LogP contribution in [-0.4, -0.2) is 51.2 Å². The first-order valence-corrected chi connectivity index (χ1v) is 7.12. The third kappa shape index (κ3) is 2.43. The molecule has 10 heteroatoms. The standard InChI is InChI=1S/C11H12N4O5S/c16-8(17)5-7-6-20-3-1-13(7)9-10(15(18)19)14-2-4-21-11(14)12-9/h2,4,7H,1,3,5-6H2,(H,16,17). The Hall–Kier alpha value is -2.20. The number of carboxylic acid groups (broad SMARTS) is 1. The molecule has 1 saturated heterocycles. The van der Waals surface area contributed by atoms with Gasteiger partial charge in [-0.1, -0.05) is 11.3 Å².